The molecule has 31 heavy (non-hydrogen) atoms. The molecule has 0 aliphatic carbocycles. The highest BCUT2D eigenvalue weighted by molar-refractivity contribution is 7.89. The molecule has 2 heterocycles. The number of hydrogen-bond donors (Lipinski definition) is 1. The van der Waals surface area contributed by atoms with Gasteiger partial charge in [0.05, 0.1) is 12.4 Å². The monoisotopic (exact) mass is 470 g/mol. The summed E-state index contributed by atoms with van der Waals surface area (Å²) >= 11 is 0. The maximum Gasteiger partial charge on any atom is 0.490 e. The van der Waals surface area contributed by atoms with E-state index >= 15 is 0 Å². The Labute approximate surface area is 178 Å². The fourth-order valence-corrected chi connectivity index (χ4v) is 5.05. The lowest BCUT2D eigenvalue weighted by molar-refractivity contribution is -0.192. The second kappa shape index (κ2) is 9.70. The van der Waals surface area contributed by atoms with E-state index in [9.17, 15) is 26.0 Å². The van der Waals surface area contributed by atoms with Crippen LogP contribution in [0.1, 0.15) is 25.3 Å². The van der Waals surface area contributed by atoms with Crippen molar-refractivity contribution in [3.8, 4) is 0 Å². The average Bonchev–Trinajstić information content (AvgIpc) is 2.99. The van der Waals surface area contributed by atoms with Gasteiger partial charge in [-0.1, -0.05) is 0 Å². The number of halogens is 4. The van der Waals surface area contributed by atoms with Crippen molar-refractivity contribution >= 4 is 21.7 Å². The molecule has 0 aromatic heterocycles. The number of ether oxygens (including phenoxy) is 1. The van der Waals surface area contributed by atoms with Crippen LogP contribution in [-0.4, -0.2) is 75.6 Å². The van der Waals surface area contributed by atoms with E-state index < -0.39 is 22.2 Å². The number of aliphatic carboxylic acids is 1. The second-order valence-electron chi connectivity index (χ2n) is 7.46. The van der Waals surface area contributed by atoms with Crippen molar-refractivity contribution in [3.63, 3.8) is 0 Å². The molecular weight excluding hydrogens is 444 g/mol. The largest absolute Gasteiger partial charge is 0.490 e. The van der Waals surface area contributed by atoms with Gasteiger partial charge in [0.15, 0.2) is 0 Å². The van der Waals surface area contributed by atoms with Gasteiger partial charge in [-0.15, -0.1) is 0 Å². The molecule has 1 N–H and O–H groups in total. The lowest BCUT2D eigenvalue weighted by atomic mass is 9.75. The van der Waals surface area contributed by atoms with Crippen LogP contribution in [-0.2, 0) is 25.0 Å². The lowest BCUT2D eigenvalue weighted by Crippen LogP contribution is -2.47. The number of benzene rings is 1. The summed E-state index contributed by atoms with van der Waals surface area (Å²) in [6.45, 7) is 4.85. The van der Waals surface area contributed by atoms with Crippen LogP contribution < -0.4 is 4.90 Å². The Hall–Kier alpha value is -1.92. The normalized spacial score (nSPS) is 18.5. The summed E-state index contributed by atoms with van der Waals surface area (Å²) in [5.74, 6) is -2.86. The summed E-state index contributed by atoms with van der Waals surface area (Å²) in [6, 6.07) is 4.96. The Balaban J connectivity index is 0.000000423. The Morgan fingerprint density at radius 3 is 2.32 bits per heavy atom. The quantitative estimate of drug-likeness (QED) is 0.666. The molecule has 1 aromatic rings. The van der Waals surface area contributed by atoms with Gasteiger partial charge in [0.1, 0.15) is 5.82 Å². The van der Waals surface area contributed by atoms with Gasteiger partial charge >= 0.3 is 12.1 Å². The summed E-state index contributed by atoms with van der Waals surface area (Å²) < 4.78 is 76.6. The lowest BCUT2D eigenvalue weighted by Gasteiger charge is -2.39. The Morgan fingerprint density at radius 2 is 1.84 bits per heavy atom. The molecule has 0 unspecified atom stereocenters. The number of carboxylic acids is 1. The average molecular weight is 470 g/mol. The molecular formula is C19H26F4N2O5S. The van der Waals surface area contributed by atoms with E-state index in [4.69, 9.17) is 14.6 Å². The predicted octanol–water partition coefficient (Wildman–Crippen LogP) is 2.61. The summed E-state index contributed by atoms with van der Waals surface area (Å²) in [4.78, 5) is 11.1. The molecule has 1 aromatic carbocycles. The van der Waals surface area contributed by atoms with Crippen LogP contribution in [0.2, 0.25) is 0 Å². The number of nitrogens with zero attached hydrogens (tertiary/aromatic N) is 2. The number of hydrogen-bond acceptors (Lipinski definition) is 5. The van der Waals surface area contributed by atoms with E-state index in [1.807, 2.05) is 6.07 Å². The number of methoxy groups -OCH3 is 1. The minimum absolute atomic E-state index is 0.130. The third-order valence-corrected chi connectivity index (χ3v) is 7.49. The van der Waals surface area contributed by atoms with E-state index in [1.54, 1.807) is 24.4 Å². The number of piperidine rings is 1. The minimum atomic E-state index is -5.08. The van der Waals surface area contributed by atoms with Gasteiger partial charge in [-0.3, -0.25) is 0 Å². The topological polar surface area (TPSA) is 87.2 Å². The van der Waals surface area contributed by atoms with E-state index in [2.05, 4.69) is 4.90 Å². The fourth-order valence-electron chi connectivity index (χ4n) is 3.95. The molecule has 3 rings (SSSR count). The van der Waals surface area contributed by atoms with Crippen LogP contribution in [0.15, 0.2) is 18.2 Å². The van der Waals surface area contributed by atoms with Gasteiger partial charge in [-0.2, -0.15) is 13.2 Å². The summed E-state index contributed by atoms with van der Waals surface area (Å²) in [6.07, 6.45) is -3.63. The number of rotatable bonds is 5. The molecule has 7 nitrogen and oxygen atoms in total. The standard InChI is InChI=1S/C17H25FN2O3S.C2HF3O2/c1-3-24(21,22)20-8-6-17(7-9-20)13-19(10-11-23-2)16-5-4-14(18)12-15(16)17;3-2(4,5)1(6)7/h4-5,12H,3,6-11,13H2,1-2H3;(H,6,7). The molecule has 0 saturated carbocycles. The van der Waals surface area contributed by atoms with Crippen LogP contribution in [0.4, 0.5) is 23.2 Å². The minimum Gasteiger partial charge on any atom is -0.475 e. The molecule has 0 bridgehead atoms. The van der Waals surface area contributed by atoms with Gasteiger partial charge in [-0.25, -0.2) is 21.9 Å². The van der Waals surface area contributed by atoms with E-state index in [1.165, 1.54) is 6.07 Å². The maximum atomic E-state index is 13.9. The van der Waals surface area contributed by atoms with Crippen LogP contribution in [0, 0.1) is 5.82 Å². The molecule has 1 spiro atoms. The highest BCUT2D eigenvalue weighted by Gasteiger charge is 2.46. The first-order valence-corrected chi connectivity index (χ1v) is 11.3. The van der Waals surface area contributed by atoms with Gasteiger partial charge < -0.3 is 14.7 Å². The van der Waals surface area contributed by atoms with Crippen molar-refractivity contribution in [2.45, 2.75) is 31.4 Å². The van der Waals surface area contributed by atoms with Crippen LogP contribution in [0.25, 0.3) is 0 Å². The van der Waals surface area contributed by atoms with Gasteiger partial charge in [0.2, 0.25) is 10.0 Å². The van der Waals surface area contributed by atoms with Crippen molar-refractivity contribution in [2.75, 3.05) is 50.5 Å². The maximum absolute atomic E-state index is 13.9. The third-order valence-electron chi connectivity index (χ3n) is 5.61. The Kier molecular flexibility index (Phi) is 7.93. The number of carboxylic acid groups (broad SMARTS) is 1. The molecule has 0 atom stereocenters. The third kappa shape index (κ3) is 5.86. The first kappa shape index (κ1) is 25.3. The number of sulfonamides is 1. The smallest absolute Gasteiger partial charge is 0.475 e. The molecule has 2 aliphatic heterocycles. The molecule has 1 saturated heterocycles. The zero-order valence-corrected chi connectivity index (χ0v) is 18.1. The van der Waals surface area contributed by atoms with E-state index in [-0.39, 0.29) is 17.0 Å². The van der Waals surface area contributed by atoms with Crippen molar-refractivity contribution in [3.05, 3.63) is 29.6 Å². The van der Waals surface area contributed by atoms with E-state index in [0.717, 1.165) is 37.2 Å². The first-order valence-electron chi connectivity index (χ1n) is 9.68. The zero-order chi connectivity index (χ0) is 23.4. The molecule has 0 radical (unpaired) electrons. The van der Waals surface area contributed by atoms with Crippen LogP contribution in [0.5, 0.6) is 0 Å². The van der Waals surface area contributed by atoms with Crippen LogP contribution >= 0.6 is 0 Å². The summed E-state index contributed by atoms with van der Waals surface area (Å²) in [7, 11) is -1.48. The summed E-state index contributed by atoms with van der Waals surface area (Å²) in [5, 5.41) is 7.12. The number of fused-ring (bicyclic) bond motifs is 2. The van der Waals surface area contributed by atoms with Crippen molar-refractivity contribution in [1.29, 1.82) is 0 Å². The zero-order valence-electron chi connectivity index (χ0n) is 17.3. The Morgan fingerprint density at radius 1 is 1.26 bits per heavy atom. The molecule has 0 amide bonds. The Bertz CT molecular complexity index is 884. The molecule has 12 heteroatoms. The number of anilines is 1. The van der Waals surface area contributed by atoms with Crippen molar-refractivity contribution in [2.24, 2.45) is 0 Å². The molecule has 176 valence electrons. The molecule has 1 fully saturated rings. The predicted molar refractivity (Wildman–Crippen MR) is 106 cm³/mol. The van der Waals surface area contributed by atoms with Gasteiger partial charge in [-0.05, 0) is 43.5 Å². The van der Waals surface area contributed by atoms with Gasteiger partial charge in [0, 0.05) is 44.4 Å². The van der Waals surface area contributed by atoms with Crippen molar-refractivity contribution in [1.82, 2.24) is 4.31 Å². The van der Waals surface area contributed by atoms with Crippen LogP contribution in [0.3, 0.4) is 0 Å². The number of alkyl halides is 3. The molecule has 2 aliphatic rings. The van der Waals surface area contributed by atoms with E-state index in [0.29, 0.717) is 19.7 Å². The summed E-state index contributed by atoms with van der Waals surface area (Å²) in [5.41, 5.74) is 1.91. The van der Waals surface area contributed by atoms with Crippen molar-refractivity contribution < 1.29 is 40.6 Å². The SMILES string of the molecule is CCS(=O)(=O)N1CCC2(CC1)CN(CCOC)c1ccc(F)cc12.O=C(O)C(F)(F)F. The van der Waals surface area contributed by atoms with Gasteiger partial charge in [0.25, 0.3) is 0 Å². The highest BCUT2D eigenvalue weighted by Crippen LogP contribution is 2.47. The first-order chi connectivity index (χ1) is 14.4. The fraction of sp³-hybridized carbons (Fsp3) is 0.632. The second-order valence-corrected chi connectivity index (χ2v) is 9.72. The highest BCUT2D eigenvalue weighted by atomic mass is 32.2. The number of carbonyl (C=O) groups is 1.